The number of rotatable bonds is 4. The zero-order chi connectivity index (χ0) is 13.8. The fourth-order valence-corrected chi connectivity index (χ4v) is 2.84. The van der Waals surface area contributed by atoms with Gasteiger partial charge in [0.25, 0.3) is 0 Å². The second-order valence-electron chi connectivity index (χ2n) is 5.20. The largest absolute Gasteiger partial charge is 0.481 e. The molecule has 1 fully saturated rings. The highest BCUT2D eigenvalue weighted by molar-refractivity contribution is 6.30. The van der Waals surface area contributed by atoms with Gasteiger partial charge >= 0.3 is 5.97 Å². The lowest BCUT2D eigenvalue weighted by atomic mass is 9.78. The first-order valence-corrected chi connectivity index (χ1v) is 6.95. The number of Topliss-reactive ketones (excluding diaryl/α,β-unsaturated/α-hetero) is 1. The van der Waals surface area contributed by atoms with Crippen molar-refractivity contribution in [1.82, 2.24) is 0 Å². The van der Waals surface area contributed by atoms with Crippen LogP contribution in [0.25, 0.3) is 0 Å². The van der Waals surface area contributed by atoms with Gasteiger partial charge in [-0.2, -0.15) is 0 Å². The molecule has 4 heteroatoms. The molecule has 0 saturated heterocycles. The summed E-state index contributed by atoms with van der Waals surface area (Å²) in [4.78, 5) is 23.1. The number of carboxylic acids is 1. The molecule has 0 radical (unpaired) electrons. The minimum atomic E-state index is -0.733. The maximum atomic E-state index is 12.1. The van der Waals surface area contributed by atoms with E-state index in [1.54, 1.807) is 24.3 Å². The summed E-state index contributed by atoms with van der Waals surface area (Å²) < 4.78 is 0. The van der Waals surface area contributed by atoms with E-state index in [0.717, 1.165) is 19.3 Å². The van der Waals surface area contributed by atoms with Crippen LogP contribution in [-0.2, 0) is 4.79 Å². The van der Waals surface area contributed by atoms with Crippen LogP contribution in [-0.4, -0.2) is 16.9 Å². The molecule has 1 N–H and O–H groups in total. The average Bonchev–Trinajstić information content (AvgIpc) is 2.39. The van der Waals surface area contributed by atoms with E-state index in [0.29, 0.717) is 23.4 Å². The number of carbonyl (C=O) groups is 2. The van der Waals surface area contributed by atoms with Crippen molar-refractivity contribution in [1.29, 1.82) is 0 Å². The van der Waals surface area contributed by atoms with Crippen molar-refractivity contribution in [3.05, 3.63) is 34.9 Å². The quantitative estimate of drug-likeness (QED) is 0.854. The van der Waals surface area contributed by atoms with Gasteiger partial charge in [0.05, 0.1) is 5.92 Å². The van der Waals surface area contributed by atoms with Crippen LogP contribution in [0.1, 0.15) is 42.5 Å². The second kappa shape index (κ2) is 6.20. The number of ketones is 1. The van der Waals surface area contributed by atoms with E-state index in [-0.39, 0.29) is 17.6 Å². The number of hydrogen-bond acceptors (Lipinski definition) is 2. The molecule has 1 aromatic rings. The molecule has 19 heavy (non-hydrogen) atoms. The number of halogens is 1. The smallest absolute Gasteiger partial charge is 0.306 e. The predicted molar refractivity (Wildman–Crippen MR) is 73.5 cm³/mol. The van der Waals surface area contributed by atoms with Crippen molar-refractivity contribution in [2.24, 2.45) is 11.8 Å². The molecule has 0 amide bonds. The summed E-state index contributed by atoms with van der Waals surface area (Å²) in [5.41, 5.74) is 0.654. The number of benzene rings is 1. The van der Waals surface area contributed by atoms with E-state index in [9.17, 15) is 9.59 Å². The summed E-state index contributed by atoms with van der Waals surface area (Å²) in [6, 6.07) is 6.86. The third-order valence-corrected chi connectivity index (χ3v) is 4.02. The molecule has 3 nitrogen and oxygen atoms in total. The summed E-state index contributed by atoms with van der Waals surface area (Å²) in [6.45, 7) is 0. The van der Waals surface area contributed by atoms with Crippen LogP contribution in [0.4, 0.5) is 0 Å². The Kier molecular flexibility index (Phi) is 4.59. The van der Waals surface area contributed by atoms with Gasteiger partial charge in [-0.05, 0) is 49.4 Å². The van der Waals surface area contributed by atoms with Crippen molar-refractivity contribution >= 4 is 23.4 Å². The van der Waals surface area contributed by atoms with Crippen LogP contribution in [0.15, 0.2) is 24.3 Å². The van der Waals surface area contributed by atoms with E-state index in [2.05, 4.69) is 0 Å². The van der Waals surface area contributed by atoms with Gasteiger partial charge in [0.15, 0.2) is 5.78 Å². The van der Waals surface area contributed by atoms with Gasteiger partial charge < -0.3 is 5.11 Å². The van der Waals surface area contributed by atoms with Crippen molar-refractivity contribution < 1.29 is 14.7 Å². The Hall–Kier alpha value is -1.35. The molecule has 0 heterocycles. The molecule has 2 unspecified atom stereocenters. The third-order valence-electron chi connectivity index (χ3n) is 3.77. The van der Waals surface area contributed by atoms with Crippen molar-refractivity contribution in [3.63, 3.8) is 0 Å². The topological polar surface area (TPSA) is 54.4 Å². The van der Waals surface area contributed by atoms with Crippen molar-refractivity contribution in [3.8, 4) is 0 Å². The van der Waals surface area contributed by atoms with Crippen LogP contribution in [0, 0.1) is 11.8 Å². The Morgan fingerprint density at radius 3 is 2.53 bits per heavy atom. The monoisotopic (exact) mass is 280 g/mol. The molecule has 0 aromatic heterocycles. The maximum absolute atomic E-state index is 12.1. The zero-order valence-electron chi connectivity index (χ0n) is 10.6. The summed E-state index contributed by atoms with van der Waals surface area (Å²) in [7, 11) is 0. The molecule has 1 saturated carbocycles. The number of carbonyl (C=O) groups excluding carboxylic acids is 1. The third kappa shape index (κ3) is 3.80. The van der Waals surface area contributed by atoms with Gasteiger partial charge in [-0.15, -0.1) is 0 Å². The predicted octanol–water partition coefficient (Wildman–Crippen LogP) is 3.80. The standard InChI is InChI=1S/C15H17ClO3/c16-13-6-4-11(5-7-13)14(17)9-10-2-1-3-12(8-10)15(18)19/h4-7,10,12H,1-3,8-9H2,(H,18,19). The van der Waals surface area contributed by atoms with Crippen LogP contribution in [0.5, 0.6) is 0 Å². The Bertz CT molecular complexity index is 467. The molecular formula is C15H17ClO3. The van der Waals surface area contributed by atoms with Crippen molar-refractivity contribution in [2.45, 2.75) is 32.1 Å². The summed E-state index contributed by atoms with van der Waals surface area (Å²) in [6.07, 6.45) is 3.64. The van der Waals surface area contributed by atoms with Crippen LogP contribution in [0.3, 0.4) is 0 Å². The second-order valence-corrected chi connectivity index (χ2v) is 5.64. The normalized spacial score (nSPS) is 23.0. The van der Waals surface area contributed by atoms with Crippen LogP contribution >= 0.6 is 11.6 Å². The molecule has 0 aliphatic heterocycles. The lowest BCUT2D eigenvalue weighted by molar-refractivity contribution is -0.143. The molecule has 0 bridgehead atoms. The average molecular weight is 281 g/mol. The fourth-order valence-electron chi connectivity index (χ4n) is 2.72. The molecular weight excluding hydrogens is 264 g/mol. The first kappa shape index (κ1) is 14.1. The van der Waals surface area contributed by atoms with E-state index in [1.807, 2.05) is 0 Å². The highest BCUT2D eigenvalue weighted by Crippen LogP contribution is 2.32. The molecule has 0 spiro atoms. The molecule has 1 aliphatic rings. The zero-order valence-corrected chi connectivity index (χ0v) is 11.4. The van der Waals surface area contributed by atoms with Gasteiger partial charge in [0, 0.05) is 17.0 Å². The Balaban J connectivity index is 1.95. The van der Waals surface area contributed by atoms with Gasteiger partial charge in [-0.25, -0.2) is 0 Å². The maximum Gasteiger partial charge on any atom is 0.306 e. The van der Waals surface area contributed by atoms with Crippen LogP contribution in [0.2, 0.25) is 5.02 Å². The minimum absolute atomic E-state index is 0.0766. The van der Waals surface area contributed by atoms with Gasteiger partial charge in [-0.3, -0.25) is 9.59 Å². The lowest BCUT2D eigenvalue weighted by Gasteiger charge is -2.26. The van der Waals surface area contributed by atoms with Gasteiger partial charge in [-0.1, -0.05) is 18.0 Å². The highest BCUT2D eigenvalue weighted by Gasteiger charge is 2.28. The van der Waals surface area contributed by atoms with Crippen molar-refractivity contribution in [2.75, 3.05) is 0 Å². The van der Waals surface area contributed by atoms with Gasteiger partial charge in [0.2, 0.25) is 0 Å². The fraction of sp³-hybridized carbons (Fsp3) is 0.467. The lowest BCUT2D eigenvalue weighted by Crippen LogP contribution is -2.24. The first-order chi connectivity index (χ1) is 9.06. The first-order valence-electron chi connectivity index (χ1n) is 6.58. The minimum Gasteiger partial charge on any atom is -0.481 e. The van der Waals surface area contributed by atoms with Crippen LogP contribution < -0.4 is 0 Å². The summed E-state index contributed by atoms with van der Waals surface area (Å²) in [5.74, 6) is -0.744. The number of hydrogen-bond donors (Lipinski definition) is 1. The van der Waals surface area contributed by atoms with Gasteiger partial charge in [0.1, 0.15) is 0 Å². The Morgan fingerprint density at radius 2 is 1.89 bits per heavy atom. The highest BCUT2D eigenvalue weighted by atomic mass is 35.5. The molecule has 1 aromatic carbocycles. The number of carboxylic acid groups (broad SMARTS) is 1. The molecule has 2 rings (SSSR count). The SMILES string of the molecule is O=C(CC1CCCC(C(=O)O)C1)c1ccc(Cl)cc1. The Labute approximate surface area is 117 Å². The molecule has 102 valence electrons. The van der Waals surface area contributed by atoms with E-state index in [1.165, 1.54) is 0 Å². The molecule has 1 aliphatic carbocycles. The van der Waals surface area contributed by atoms with E-state index < -0.39 is 5.97 Å². The number of aliphatic carboxylic acids is 1. The molecule has 2 atom stereocenters. The Morgan fingerprint density at radius 1 is 1.21 bits per heavy atom. The van der Waals surface area contributed by atoms with E-state index in [4.69, 9.17) is 16.7 Å². The van der Waals surface area contributed by atoms with E-state index >= 15 is 0 Å². The summed E-state index contributed by atoms with van der Waals surface area (Å²) >= 11 is 5.79. The summed E-state index contributed by atoms with van der Waals surface area (Å²) in [5, 5.41) is 9.65.